The van der Waals surface area contributed by atoms with Gasteiger partial charge in [-0.05, 0) is 48.5 Å². The first-order valence-electron chi connectivity index (χ1n) is 9.58. The van der Waals surface area contributed by atoms with Crippen LogP contribution in [0.4, 0.5) is 11.4 Å². The van der Waals surface area contributed by atoms with Gasteiger partial charge in [0.1, 0.15) is 5.69 Å². The molecule has 0 saturated heterocycles. The maximum absolute atomic E-state index is 12.5. The summed E-state index contributed by atoms with van der Waals surface area (Å²) in [5.74, 6) is -2.20. The van der Waals surface area contributed by atoms with Crippen LogP contribution in [0.2, 0.25) is 10.0 Å². The van der Waals surface area contributed by atoms with Crippen molar-refractivity contribution in [2.75, 3.05) is 24.9 Å². The Labute approximate surface area is 204 Å². The number of carbonyl (C=O) groups excluding carboxylic acids is 4. The second-order valence-electron chi connectivity index (χ2n) is 6.71. The number of esters is 2. The Kier molecular flexibility index (Phi) is 7.83. The molecule has 0 aliphatic rings. The van der Waals surface area contributed by atoms with E-state index in [1.54, 1.807) is 0 Å². The third kappa shape index (κ3) is 5.69. The Morgan fingerprint density at radius 1 is 0.706 bits per heavy atom. The van der Waals surface area contributed by atoms with E-state index < -0.39 is 23.8 Å². The number of halogens is 2. The van der Waals surface area contributed by atoms with Gasteiger partial charge in [-0.25, -0.2) is 9.59 Å². The molecule has 0 aliphatic carbocycles. The van der Waals surface area contributed by atoms with Gasteiger partial charge in [-0.2, -0.15) is 0 Å². The predicted octanol–water partition coefficient (Wildman–Crippen LogP) is 4.47. The summed E-state index contributed by atoms with van der Waals surface area (Å²) in [7, 11) is 2.50. The van der Waals surface area contributed by atoms with Gasteiger partial charge >= 0.3 is 11.9 Å². The topological polar surface area (TPSA) is 124 Å². The van der Waals surface area contributed by atoms with Crippen molar-refractivity contribution in [1.29, 1.82) is 0 Å². The lowest BCUT2D eigenvalue weighted by atomic mass is 10.2. The monoisotopic (exact) mass is 501 g/mol. The highest BCUT2D eigenvalue weighted by Gasteiger charge is 2.15. The zero-order chi connectivity index (χ0) is 24.8. The lowest BCUT2D eigenvalue weighted by molar-refractivity contribution is 0.0592. The maximum atomic E-state index is 12.5. The van der Waals surface area contributed by atoms with Gasteiger partial charge in [0, 0.05) is 6.20 Å². The van der Waals surface area contributed by atoms with Crippen molar-refractivity contribution in [2.24, 2.45) is 0 Å². The summed E-state index contributed by atoms with van der Waals surface area (Å²) in [6, 6.07) is 11.4. The highest BCUT2D eigenvalue weighted by molar-refractivity contribution is 6.34. The maximum Gasteiger partial charge on any atom is 0.337 e. The second kappa shape index (κ2) is 10.8. The Balaban J connectivity index is 1.67. The fourth-order valence-corrected chi connectivity index (χ4v) is 3.22. The van der Waals surface area contributed by atoms with Gasteiger partial charge in [0.2, 0.25) is 0 Å². The molecule has 0 bridgehead atoms. The first-order chi connectivity index (χ1) is 16.2. The van der Waals surface area contributed by atoms with Crippen molar-refractivity contribution in [2.45, 2.75) is 0 Å². The van der Waals surface area contributed by atoms with Crippen LogP contribution in [0.15, 0.2) is 54.7 Å². The van der Waals surface area contributed by atoms with E-state index >= 15 is 0 Å². The molecule has 0 atom stereocenters. The van der Waals surface area contributed by atoms with Crippen LogP contribution in [-0.2, 0) is 9.47 Å². The summed E-state index contributed by atoms with van der Waals surface area (Å²) in [5.41, 5.74) is 1.23. The number of aromatic nitrogens is 1. The van der Waals surface area contributed by atoms with Crippen LogP contribution < -0.4 is 10.6 Å². The van der Waals surface area contributed by atoms with E-state index in [4.69, 9.17) is 23.2 Å². The number of anilines is 2. The van der Waals surface area contributed by atoms with E-state index in [-0.39, 0.29) is 43.8 Å². The molecule has 9 nitrogen and oxygen atoms in total. The molecule has 0 spiro atoms. The van der Waals surface area contributed by atoms with Crippen LogP contribution in [0.5, 0.6) is 0 Å². The van der Waals surface area contributed by atoms with E-state index in [1.807, 2.05) is 0 Å². The molecule has 34 heavy (non-hydrogen) atoms. The number of nitrogens with one attached hydrogen (secondary N) is 2. The number of carbonyl (C=O) groups is 4. The molecule has 11 heteroatoms. The lowest BCUT2D eigenvalue weighted by Gasteiger charge is -2.10. The number of pyridine rings is 1. The van der Waals surface area contributed by atoms with Gasteiger partial charge in [0.25, 0.3) is 11.8 Å². The second-order valence-corrected chi connectivity index (χ2v) is 7.53. The number of hydrogen-bond acceptors (Lipinski definition) is 7. The van der Waals surface area contributed by atoms with E-state index in [2.05, 4.69) is 25.1 Å². The van der Waals surface area contributed by atoms with E-state index in [0.717, 1.165) is 0 Å². The van der Waals surface area contributed by atoms with Crippen LogP contribution in [0, 0.1) is 0 Å². The van der Waals surface area contributed by atoms with Crippen molar-refractivity contribution in [3.05, 3.63) is 87.2 Å². The molecule has 2 amide bonds. The van der Waals surface area contributed by atoms with Crippen LogP contribution in [0.25, 0.3) is 0 Å². The fourth-order valence-electron chi connectivity index (χ4n) is 2.77. The van der Waals surface area contributed by atoms with Gasteiger partial charge in [0.15, 0.2) is 0 Å². The zero-order valence-electron chi connectivity index (χ0n) is 17.8. The van der Waals surface area contributed by atoms with Crippen LogP contribution in [0.1, 0.15) is 41.6 Å². The van der Waals surface area contributed by atoms with Gasteiger partial charge in [-0.1, -0.05) is 23.2 Å². The Bertz CT molecular complexity index is 1180. The fraction of sp³-hybridized carbons (Fsp3) is 0.0870. The van der Waals surface area contributed by atoms with Gasteiger partial charge < -0.3 is 20.1 Å². The molecular weight excluding hydrogens is 485 g/mol. The third-order valence-electron chi connectivity index (χ3n) is 4.54. The molecule has 0 radical (unpaired) electrons. The smallest absolute Gasteiger partial charge is 0.337 e. The van der Waals surface area contributed by atoms with Crippen LogP contribution >= 0.6 is 23.2 Å². The predicted molar refractivity (Wildman–Crippen MR) is 126 cm³/mol. The van der Waals surface area contributed by atoms with E-state index in [9.17, 15) is 19.2 Å². The lowest BCUT2D eigenvalue weighted by Crippen LogP contribution is -2.16. The molecule has 3 rings (SSSR count). The molecule has 2 N–H and O–H groups in total. The molecule has 174 valence electrons. The summed E-state index contributed by atoms with van der Waals surface area (Å²) in [6.07, 6.45) is 1.23. The number of rotatable bonds is 6. The van der Waals surface area contributed by atoms with Crippen molar-refractivity contribution in [1.82, 2.24) is 4.98 Å². The van der Waals surface area contributed by atoms with E-state index in [1.165, 1.54) is 68.9 Å². The molecular formula is C23H17Cl2N3O6. The minimum atomic E-state index is -0.568. The number of ether oxygens (including phenoxy) is 2. The highest BCUT2D eigenvalue weighted by atomic mass is 35.5. The Hall–Kier alpha value is -3.95. The molecule has 0 saturated carbocycles. The summed E-state index contributed by atoms with van der Waals surface area (Å²) < 4.78 is 9.25. The molecule has 0 unspecified atom stereocenters. The largest absolute Gasteiger partial charge is 0.465 e. The van der Waals surface area contributed by atoms with Crippen LogP contribution in [-0.4, -0.2) is 43.0 Å². The molecule has 1 aromatic heterocycles. The molecule has 2 aromatic carbocycles. The molecule has 3 aromatic rings. The molecule has 1 heterocycles. The number of methoxy groups -OCH3 is 2. The quantitative estimate of drug-likeness (QED) is 0.477. The first kappa shape index (κ1) is 24.7. The molecule has 0 fully saturated rings. The first-order valence-corrected chi connectivity index (χ1v) is 10.3. The minimum Gasteiger partial charge on any atom is -0.465 e. The van der Waals surface area contributed by atoms with Crippen molar-refractivity contribution >= 4 is 58.3 Å². The number of benzene rings is 2. The summed E-state index contributed by atoms with van der Waals surface area (Å²) in [4.78, 5) is 52.1. The number of nitrogens with zero attached hydrogens (tertiary/aromatic N) is 1. The van der Waals surface area contributed by atoms with Gasteiger partial charge in [0.05, 0.1) is 52.3 Å². The Morgan fingerprint density at radius 3 is 1.59 bits per heavy atom. The molecule has 0 aliphatic heterocycles. The normalized spacial score (nSPS) is 10.2. The number of hydrogen-bond donors (Lipinski definition) is 2. The minimum absolute atomic E-state index is 0.0325. The van der Waals surface area contributed by atoms with Crippen molar-refractivity contribution in [3.63, 3.8) is 0 Å². The summed E-state index contributed by atoms with van der Waals surface area (Å²) >= 11 is 12.2. The Morgan fingerprint density at radius 2 is 1.18 bits per heavy atom. The summed E-state index contributed by atoms with van der Waals surface area (Å²) in [5, 5.41) is 5.48. The van der Waals surface area contributed by atoms with Crippen molar-refractivity contribution in [3.8, 4) is 0 Å². The highest BCUT2D eigenvalue weighted by Crippen LogP contribution is 2.25. The number of amides is 2. The summed E-state index contributed by atoms with van der Waals surface area (Å²) in [6.45, 7) is 0. The van der Waals surface area contributed by atoms with Gasteiger partial charge in [-0.15, -0.1) is 0 Å². The third-order valence-corrected chi connectivity index (χ3v) is 5.16. The SMILES string of the molecule is COC(=O)c1ccc(NC(=O)c2ccc(C(=O)Nc3ccc(C(=O)OC)cc3Cl)nc2)c(Cl)c1. The zero-order valence-corrected chi connectivity index (χ0v) is 19.4. The van der Waals surface area contributed by atoms with Gasteiger partial charge in [-0.3, -0.25) is 14.6 Å². The average molecular weight is 502 g/mol. The van der Waals surface area contributed by atoms with E-state index in [0.29, 0.717) is 0 Å². The van der Waals surface area contributed by atoms with Crippen molar-refractivity contribution < 1.29 is 28.7 Å². The average Bonchev–Trinajstić information content (AvgIpc) is 2.85. The van der Waals surface area contributed by atoms with Crippen LogP contribution in [0.3, 0.4) is 0 Å². The standard InChI is InChI=1S/C23H17Cl2N3O6/c1-33-22(31)12-3-6-17(15(24)9-12)27-20(29)14-5-8-19(26-11-14)21(30)28-18-7-4-13(10-16(18)25)23(32)34-2/h3-11H,1-2H3,(H,27,29)(H,28,30).